The maximum absolute atomic E-state index is 13.0. The summed E-state index contributed by atoms with van der Waals surface area (Å²) in [7, 11) is 3.98. The Kier molecular flexibility index (Phi) is 6.18. The van der Waals surface area contributed by atoms with Crippen molar-refractivity contribution < 1.29 is 4.79 Å². The van der Waals surface area contributed by atoms with Crippen molar-refractivity contribution in [3.05, 3.63) is 70.4 Å². The predicted molar refractivity (Wildman–Crippen MR) is 119 cm³/mol. The lowest BCUT2D eigenvalue weighted by Gasteiger charge is -2.13. The van der Waals surface area contributed by atoms with Gasteiger partial charge >= 0.3 is 0 Å². The van der Waals surface area contributed by atoms with Crippen LogP contribution >= 0.6 is 0 Å². The van der Waals surface area contributed by atoms with Crippen molar-refractivity contribution >= 4 is 5.91 Å². The molecule has 0 spiro atoms. The van der Waals surface area contributed by atoms with E-state index in [2.05, 4.69) is 50.4 Å². The van der Waals surface area contributed by atoms with E-state index in [1.165, 1.54) is 16.7 Å². The van der Waals surface area contributed by atoms with Crippen LogP contribution in [0, 0.1) is 27.7 Å². The summed E-state index contributed by atoms with van der Waals surface area (Å²) in [6.07, 6.45) is 0. The normalized spacial score (nSPS) is 11.1. The smallest absolute Gasteiger partial charge is 0.270 e. The zero-order valence-corrected chi connectivity index (χ0v) is 18.2. The summed E-state index contributed by atoms with van der Waals surface area (Å²) in [6, 6.07) is 14.3. The molecule has 0 aliphatic rings. The van der Waals surface area contributed by atoms with E-state index in [4.69, 9.17) is 5.10 Å². The molecule has 1 aromatic heterocycles. The van der Waals surface area contributed by atoms with Gasteiger partial charge in [0, 0.05) is 18.7 Å². The van der Waals surface area contributed by atoms with Crippen LogP contribution in [0.25, 0.3) is 16.9 Å². The van der Waals surface area contributed by atoms with Gasteiger partial charge in [-0.1, -0.05) is 29.8 Å². The molecule has 0 saturated carbocycles. The molecule has 2 aromatic carbocycles. The maximum Gasteiger partial charge on any atom is 0.270 e. The fraction of sp³-hybridized carbons (Fsp3) is 0.333. The predicted octanol–water partition coefficient (Wildman–Crippen LogP) is 4.06. The minimum Gasteiger partial charge on any atom is -0.349 e. The average Bonchev–Trinajstić information content (AvgIpc) is 3.08. The van der Waals surface area contributed by atoms with E-state index in [0.29, 0.717) is 12.2 Å². The van der Waals surface area contributed by atoms with Gasteiger partial charge in [0.25, 0.3) is 5.91 Å². The van der Waals surface area contributed by atoms with Gasteiger partial charge in [0.1, 0.15) is 5.69 Å². The van der Waals surface area contributed by atoms with Crippen molar-refractivity contribution in [2.75, 3.05) is 27.2 Å². The van der Waals surface area contributed by atoms with Crippen molar-refractivity contribution in [2.45, 2.75) is 27.7 Å². The summed E-state index contributed by atoms with van der Waals surface area (Å²) in [5.41, 5.74) is 7.99. The maximum atomic E-state index is 13.0. The number of nitrogens with zero attached hydrogens (tertiary/aromatic N) is 3. The molecule has 0 bridgehead atoms. The highest BCUT2D eigenvalue weighted by Crippen LogP contribution is 2.25. The molecule has 5 heteroatoms. The number of likely N-dealkylation sites (N-methyl/N-ethyl adjacent to an activating group) is 1. The lowest BCUT2D eigenvalue weighted by Crippen LogP contribution is -2.32. The Morgan fingerprint density at radius 1 is 0.966 bits per heavy atom. The second-order valence-corrected chi connectivity index (χ2v) is 7.97. The molecule has 0 radical (unpaired) electrons. The molecule has 0 aliphatic carbocycles. The molecule has 1 heterocycles. The fourth-order valence-corrected chi connectivity index (χ4v) is 3.29. The second-order valence-electron chi connectivity index (χ2n) is 7.97. The summed E-state index contributed by atoms with van der Waals surface area (Å²) in [5, 5.41) is 7.84. The first-order valence-electron chi connectivity index (χ1n) is 9.94. The van der Waals surface area contributed by atoms with Gasteiger partial charge < -0.3 is 10.2 Å². The standard InChI is InChI=1S/C24H30N4O/c1-16-7-10-22(19(4)13-16)28-23(24(29)25-11-12-27(5)6)15-21(26-28)20-9-8-17(2)18(3)14-20/h7-10,13-15H,11-12H2,1-6H3,(H,25,29). The lowest BCUT2D eigenvalue weighted by molar-refractivity contribution is 0.0943. The number of hydrogen-bond donors (Lipinski definition) is 1. The molecule has 0 atom stereocenters. The third-order valence-corrected chi connectivity index (χ3v) is 5.17. The number of amides is 1. The molecule has 152 valence electrons. The molecule has 29 heavy (non-hydrogen) atoms. The summed E-state index contributed by atoms with van der Waals surface area (Å²) in [6.45, 7) is 9.67. The van der Waals surface area contributed by atoms with Crippen molar-refractivity contribution in [2.24, 2.45) is 0 Å². The molecule has 3 rings (SSSR count). The molecule has 0 saturated heterocycles. The first-order chi connectivity index (χ1) is 13.8. The van der Waals surface area contributed by atoms with Crippen molar-refractivity contribution in [1.29, 1.82) is 0 Å². The third kappa shape index (κ3) is 4.74. The van der Waals surface area contributed by atoms with Crippen molar-refractivity contribution in [3.8, 4) is 16.9 Å². The van der Waals surface area contributed by atoms with Gasteiger partial charge in [-0.15, -0.1) is 0 Å². The number of hydrogen-bond acceptors (Lipinski definition) is 3. The van der Waals surface area contributed by atoms with Crippen LogP contribution in [0.5, 0.6) is 0 Å². The Morgan fingerprint density at radius 2 is 1.72 bits per heavy atom. The summed E-state index contributed by atoms with van der Waals surface area (Å²) in [4.78, 5) is 15.0. The Bertz CT molecular complexity index is 1030. The van der Waals surface area contributed by atoms with Crippen molar-refractivity contribution in [3.63, 3.8) is 0 Å². The highest BCUT2D eigenvalue weighted by atomic mass is 16.2. The van der Waals surface area contributed by atoms with Crippen LogP contribution in [-0.4, -0.2) is 47.8 Å². The minimum absolute atomic E-state index is 0.116. The van der Waals surface area contributed by atoms with E-state index in [0.717, 1.165) is 29.1 Å². The van der Waals surface area contributed by atoms with E-state index < -0.39 is 0 Å². The number of nitrogens with one attached hydrogen (secondary N) is 1. The molecule has 3 aromatic rings. The first kappa shape index (κ1) is 20.8. The second kappa shape index (κ2) is 8.62. The van der Waals surface area contributed by atoms with Crippen LogP contribution in [-0.2, 0) is 0 Å². The van der Waals surface area contributed by atoms with E-state index in [-0.39, 0.29) is 5.91 Å². The number of rotatable bonds is 6. The summed E-state index contributed by atoms with van der Waals surface area (Å²) in [5.74, 6) is -0.116. The van der Waals surface area contributed by atoms with Crippen LogP contribution in [0.1, 0.15) is 32.7 Å². The summed E-state index contributed by atoms with van der Waals surface area (Å²) >= 11 is 0. The third-order valence-electron chi connectivity index (χ3n) is 5.17. The summed E-state index contributed by atoms with van der Waals surface area (Å²) < 4.78 is 1.77. The molecule has 0 aliphatic heterocycles. The number of aromatic nitrogens is 2. The Balaban J connectivity index is 2.05. The Labute approximate surface area is 173 Å². The number of benzene rings is 2. The van der Waals surface area contributed by atoms with Gasteiger partial charge in [-0.25, -0.2) is 4.68 Å². The van der Waals surface area contributed by atoms with Gasteiger partial charge in [-0.3, -0.25) is 4.79 Å². The van der Waals surface area contributed by atoms with Crippen molar-refractivity contribution in [1.82, 2.24) is 20.0 Å². The average molecular weight is 391 g/mol. The van der Waals surface area contributed by atoms with Crippen LogP contribution in [0.15, 0.2) is 42.5 Å². The minimum atomic E-state index is -0.116. The van der Waals surface area contributed by atoms with E-state index >= 15 is 0 Å². The molecular weight excluding hydrogens is 360 g/mol. The molecule has 1 amide bonds. The highest BCUT2D eigenvalue weighted by molar-refractivity contribution is 5.94. The topological polar surface area (TPSA) is 50.2 Å². The Hall–Kier alpha value is -2.92. The first-order valence-corrected chi connectivity index (χ1v) is 9.94. The van der Waals surface area contributed by atoms with Crippen LogP contribution in [0.4, 0.5) is 0 Å². The zero-order valence-electron chi connectivity index (χ0n) is 18.2. The van der Waals surface area contributed by atoms with Crippen LogP contribution in [0.3, 0.4) is 0 Å². The van der Waals surface area contributed by atoms with E-state index in [9.17, 15) is 4.79 Å². The fourth-order valence-electron chi connectivity index (χ4n) is 3.29. The van der Waals surface area contributed by atoms with E-state index in [1.807, 2.05) is 44.1 Å². The zero-order chi connectivity index (χ0) is 21.1. The number of carbonyl (C=O) groups excluding carboxylic acids is 1. The van der Waals surface area contributed by atoms with Gasteiger partial charge in [0.05, 0.1) is 11.4 Å². The quantitative estimate of drug-likeness (QED) is 0.690. The van der Waals surface area contributed by atoms with Gasteiger partial charge in [-0.2, -0.15) is 5.10 Å². The highest BCUT2D eigenvalue weighted by Gasteiger charge is 2.19. The van der Waals surface area contributed by atoms with E-state index in [1.54, 1.807) is 4.68 Å². The van der Waals surface area contributed by atoms with Gasteiger partial charge in [0.2, 0.25) is 0 Å². The number of aryl methyl sites for hydroxylation is 4. The molecule has 0 unspecified atom stereocenters. The molecule has 1 N–H and O–H groups in total. The monoisotopic (exact) mass is 390 g/mol. The van der Waals surface area contributed by atoms with Gasteiger partial charge in [-0.05, 0) is 76.7 Å². The molecule has 5 nitrogen and oxygen atoms in total. The van der Waals surface area contributed by atoms with Gasteiger partial charge in [0.15, 0.2) is 0 Å². The SMILES string of the molecule is Cc1ccc(-n2nc(-c3ccc(C)c(C)c3)cc2C(=O)NCCN(C)C)c(C)c1. The largest absolute Gasteiger partial charge is 0.349 e. The lowest BCUT2D eigenvalue weighted by atomic mass is 10.0. The van der Waals surface area contributed by atoms with Crippen LogP contribution < -0.4 is 5.32 Å². The van der Waals surface area contributed by atoms with Crippen LogP contribution in [0.2, 0.25) is 0 Å². The molecular formula is C24H30N4O. The molecule has 0 fully saturated rings. The number of carbonyl (C=O) groups is 1. The Morgan fingerprint density at radius 3 is 2.38 bits per heavy atom.